The van der Waals surface area contributed by atoms with E-state index in [9.17, 15) is 14.0 Å². The van der Waals surface area contributed by atoms with E-state index >= 15 is 0 Å². The number of carbonyl (C=O) groups is 2. The van der Waals surface area contributed by atoms with Crippen molar-refractivity contribution in [3.8, 4) is 5.69 Å². The molecule has 4 N–H and O–H groups in total. The number of halogens is 1. The molecular formula is C17H22FN5O2. The summed E-state index contributed by atoms with van der Waals surface area (Å²) >= 11 is 0. The number of aromatic nitrogens is 2. The minimum absolute atomic E-state index is 0.101. The third-order valence-corrected chi connectivity index (χ3v) is 3.79. The number of aryl methyl sites for hydroxylation is 1. The van der Waals surface area contributed by atoms with E-state index in [-0.39, 0.29) is 24.2 Å². The van der Waals surface area contributed by atoms with Crippen LogP contribution in [-0.4, -0.2) is 27.8 Å². The molecule has 7 nitrogen and oxygen atoms in total. The van der Waals surface area contributed by atoms with Gasteiger partial charge in [0.15, 0.2) is 0 Å². The largest absolute Gasteiger partial charge is 0.352 e. The Morgan fingerprint density at radius 2 is 1.92 bits per heavy atom. The Bertz CT molecular complexity index is 755. The molecule has 0 bridgehead atoms. The number of urea groups is 1. The average Bonchev–Trinajstić information content (AvgIpc) is 2.91. The molecule has 0 aliphatic heterocycles. The number of amides is 3. The van der Waals surface area contributed by atoms with Crippen molar-refractivity contribution in [3.05, 3.63) is 47.5 Å². The van der Waals surface area contributed by atoms with E-state index < -0.39 is 12.1 Å². The first-order valence-corrected chi connectivity index (χ1v) is 7.92. The lowest BCUT2D eigenvalue weighted by Crippen LogP contribution is -2.51. The first-order chi connectivity index (χ1) is 11.8. The van der Waals surface area contributed by atoms with Crippen LogP contribution < -0.4 is 16.4 Å². The van der Waals surface area contributed by atoms with Gasteiger partial charge in [-0.25, -0.2) is 13.9 Å². The Balaban J connectivity index is 2.06. The molecule has 134 valence electrons. The number of rotatable bonds is 6. The predicted octanol–water partition coefficient (Wildman–Crippen LogP) is 1.63. The van der Waals surface area contributed by atoms with Gasteiger partial charge in [-0.2, -0.15) is 5.10 Å². The molecule has 0 spiro atoms. The molecule has 0 fully saturated rings. The highest BCUT2D eigenvalue weighted by Crippen LogP contribution is 2.13. The van der Waals surface area contributed by atoms with Crippen molar-refractivity contribution in [1.29, 1.82) is 0 Å². The lowest BCUT2D eigenvalue weighted by Gasteiger charge is -2.20. The summed E-state index contributed by atoms with van der Waals surface area (Å²) in [6.45, 7) is 5.72. The van der Waals surface area contributed by atoms with E-state index in [2.05, 4.69) is 15.7 Å². The van der Waals surface area contributed by atoms with Crippen molar-refractivity contribution in [2.24, 2.45) is 11.7 Å². The first-order valence-electron chi connectivity index (χ1n) is 7.92. The number of benzene rings is 1. The van der Waals surface area contributed by atoms with E-state index in [1.54, 1.807) is 23.0 Å². The zero-order valence-corrected chi connectivity index (χ0v) is 14.4. The molecule has 2 rings (SSSR count). The zero-order chi connectivity index (χ0) is 18.6. The molecule has 1 heterocycles. The second-order valence-corrected chi connectivity index (χ2v) is 6.11. The molecule has 0 aliphatic carbocycles. The van der Waals surface area contributed by atoms with Crippen molar-refractivity contribution < 1.29 is 14.0 Å². The number of hydrogen-bond acceptors (Lipinski definition) is 3. The van der Waals surface area contributed by atoms with Crippen molar-refractivity contribution in [1.82, 2.24) is 20.4 Å². The molecule has 0 aliphatic rings. The van der Waals surface area contributed by atoms with Gasteiger partial charge in [0.25, 0.3) is 0 Å². The van der Waals surface area contributed by atoms with Gasteiger partial charge in [0.2, 0.25) is 5.91 Å². The molecule has 3 amide bonds. The van der Waals surface area contributed by atoms with Crippen LogP contribution in [0, 0.1) is 18.7 Å². The second kappa shape index (κ2) is 7.78. The smallest absolute Gasteiger partial charge is 0.312 e. The van der Waals surface area contributed by atoms with Gasteiger partial charge in [0.1, 0.15) is 11.9 Å². The third kappa shape index (κ3) is 4.79. The van der Waals surface area contributed by atoms with Crippen molar-refractivity contribution in [2.45, 2.75) is 33.4 Å². The van der Waals surface area contributed by atoms with E-state index in [4.69, 9.17) is 5.73 Å². The lowest BCUT2D eigenvalue weighted by atomic mass is 10.0. The molecule has 1 atom stereocenters. The Morgan fingerprint density at radius 3 is 2.48 bits per heavy atom. The number of nitrogens with zero attached hydrogens (tertiary/aromatic N) is 2. The SMILES string of the molecule is Cc1nn(-c2ccc(F)cc2)cc1CNC(=O)[C@H](NC(N)=O)C(C)C. The maximum absolute atomic E-state index is 13.0. The standard InChI is InChI=1S/C17H22FN5O2/c1-10(2)15(21-17(19)25)16(24)20-8-12-9-23(22-11(12)3)14-6-4-13(18)5-7-14/h4-7,9-10,15H,8H2,1-3H3,(H,20,24)(H3,19,21,25)/t15-/m1/s1. The fraction of sp³-hybridized carbons (Fsp3) is 0.353. The average molecular weight is 347 g/mol. The Labute approximate surface area is 145 Å². The highest BCUT2D eigenvalue weighted by Gasteiger charge is 2.23. The van der Waals surface area contributed by atoms with Gasteiger partial charge in [0.05, 0.1) is 11.4 Å². The molecule has 0 unspecified atom stereocenters. The van der Waals surface area contributed by atoms with Gasteiger partial charge < -0.3 is 16.4 Å². The van der Waals surface area contributed by atoms with E-state index in [1.807, 2.05) is 20.8 Å². The number of primary amides is 1. The van der Waals surface area contributed by atoms with E-state index in [0.29, 0.717) is 0 Å². The zero-order valence-electron chi connectivity index (χ0n) is 14.4. The second-order valence-electron chi connectivity index (χ2n) is 6.11. The van der Waals surface area contributed by atoms with Gasteiger partial charge in [-0.1, -0.05) is 13.8 Å². The van der Waals surface area contributed by atoms with Crippen molar-refractivity contribution in [3.63, 3.8) is 0 Å². The fourth-order valence-electron chi connectivity index (χ4n) is 2.38. The third-order valence-electron chi connectivity index (χ3n) is 3.79. The Kier molecular flexibility index (Phi) is 5.74. The van der Waals surface area contributed by atoms with Crippen LogP contribution in [0.5, 0.6) is 0 Å². The molecule has 0 saturated heterocycles. The summed E-state index contributed by atoms with van der Waals surface area (Å²) in [5.41, 5.74) is 7.39. The van der Waals surface area contributed by atoms with Crippen LogP contribution in [-0.2, 0) is 11.3 Å². The van der Waals surface area contributed by atoms with Gasteiger partial charge in [0, 0.05) is 18.3 Å². The fourth-order valence-corrected chi connectivity index (χ4v) is 2.38. The topological polar surface area (TPSA) is 102 Å². The number of carbonyl (C=O) groups excluding carboxylic acids is 2. The lowest BCUT2D eigenvalue weighted by molar-refractivity contribution is -0.124. The summed E-state index contributed by atoms with van der Waals surface area (Å²) in [5.74, 6) is -0.736. The Morgan fingerprint density at radius 1 is 1.28 bits per heavy atom. The molecule has 25 heavy (non-hydrogen) atoms. The maximum atomic E-state index is 13.0. The molecule has 1 aromatic carbocycles. The van der Waals surface area contributed by atoms with Crippen LogP contribution in [0.1, 0.15) is 25.1 Å². The summed E-state index contributed by atoms with van der Waals surface area (Å²) < 4.78 is 14.6. The van der Waals surface area contributed by atoms with Crippen molar-refractivity contribution >= 4 is 11.9 Å². The summed E-state index contributed by atoms with van der Waals surface area (Å²) in [6.07, 6.45) is 1.77. The molecule has 2 aromatic rings. The normalized spacial score (nSPS) is 12.0. The summed E-state index contributed by atoms with van der Waals surface area (Å²) in [6, 6.07) is 4.51. The van der Waals surface area contributed by atoms with Crippen LogP contribution in [0.4, 0.5) is 9.18 Å². The monoisotopic (exact) mass is 347 g/mol. The van der Waals surface area contributed by atoms with Crippen LogP contribution >= 0.6 is 0 Å². The molecule has 0 radical (unpaired) electrons. The minimum atomic E-state index is -0.742. The Hall–Kier alpha value is -2.90. The summed E-state index contributed by atoms with van der Waals surface area (Å²) in [5, 5.41) is 9.58. The summed E-state index contributed by atoms with van der Waals surface area (Å²) in [4.78, 5) is 23.3. The van der Waals surface area contributed by atoms with Crippen LogP contribution in [0.3, 0.4) is 0 Å². The van der Waals surface area contributed by atoms with Crippen LogP contribution in [0.25, 0.3) is 5.69 Å². The molecule has 1 aromatic heterocycles. The predicted molar refractivity (Wildman–Crippen MR) is 91.5 cm³/mol. The number of nitrogens with two attached hydrogens (primary N) is 1. The first kappa shape index (κ1) is 18.4. The quantitative estimate of drug-likeness (QED) is 0.740. The highest BCUT2D eigenvalue weighted by atomic mass is 19.1. The minimum Gasteiger partial charge on any atom is -0.352 e. The highest BCUT2D eigenvalue weighted by molar-refractivity contribution is 5.86. The number of hydrogen-bond donors (Lipinski definition) is 3. The van der Waals surface area contributed by atoms with Gasteiger partial charge in [-0.05, 0) is 37.1 Å². The van der Waals surface area contributed by atoms with E-state index in [1.165, 1.54) is 12.1 Å². The van der Waals surface area contributed by atoms with Gasteiger partial charge in [-0.15, -0.1) is 0 Å². The van der Waals surface area contributed by atoms with E-state index in [0.717, 1.165) is 16.9 Å². The maximum Gasteiger partial charge on any atom is 0.312 e. The van der Waals surface area contributed by atoms with Crippen LogP contribution in [0.2, 0.25) is 0 Å². The number of nitrogens with one attached hydrogen (secondary N) is 2. The molecule has 8 heteroatoms. The van der Waals surface area contributed by atoms with Crippen LogP contribution in [0.15, 0.2) is 30.5 Å². The molecular weight excluding hydrogens is 325 g/mol. The van der Waals surface area contributed by atoms with Gasteiger partial charge in [-0.3, -0.25) is 4.79 Å². The van der Waals surface area contributed by atoms with Crippen molar-refractivity contribution in [2.75, 3.05) is 0 Å². The van der Waals surface area contributed by atoms with Gasteiger partial charge >= 0.3 is 6.03 Å². The summed E-state index contributed by atoms with van der Waals surface area (Å²) in [7, 11) is 0. The molecule has 0 saturated carbocycles.